The summed E-state index contributed by atoms with van der Waals surface area (Å²) in [6.45, 7) is 0. The molecule has 0 N–H and O–H groups in total. The van der Waals surface area contributed by atoms with E-state index in [-0.39, 0.29) is 0 Å². The van der Waals surface area contributed by atoms with Gasteiger partial charge in [-0.25, -0.2) is 4.98 Å². The first-order valence-corrected chi connectivity index (χ1v) is 15.7. The summed E-state index contributed by atoms with van der Waals surface area (Å²) in [7, 11) is 0. The van der Waals surface area contributed by atoms with Gasteiger partial charge in [0, 0.05) is 27.4 Å². The van der Waals surface area contributed by atoms with Gasteiger partial charge in [0.2, 0.25) is 0 Å². The zero-order valence-electron chi connectivity index (χ0n) is 24.9. The summed E-state index contributed by atoms with van der Waals surface area (Å²) in [5, 5.41) is 4.94. The number of hydrogen-bond donors (Lipinski definition) is 0. The Kier molecular flexibility index (Phi) is 5.28. The standard InChI is InChI=1S/C43H27N3/c1-4-13-28(14-5-1)31-19-12-20-33(25-31)45-38-24-23-36-42-41(38)40-35(26-32(27-39(40)45)29-15-6-2-7-16-29)34-21-10-11-22-37(34)46(42)43(44-36)30-17-8-3-9-18-30/h1-27H. The van der Waals surface area contributed by atoms with Gasteiger partial charge in [-0.15, -0.1) is 0 Å². The van der Waals surface area contributed by atoms with Crippen molar-refractivity contribution < 1.29 is 0 Å². The average molecular weight is 586 g/mol. The maximum atomic E-state index is 5.29. The molecule has 214 valence electrons. The van der Waals surface area contributed by atoms with E-state index in [2.05, 4.69) is 173 Å². The summed E-state index contributed by atoms with van der Waals surface area (Å²) in [5.74, 6) is 0.957. The molecule has 3 heteroatoms. The molecule has 10 aromatic rings. The van der Waals surface area contributed by atoms with Gasteiger partial charge < -0.3 is 4.57 Å². The monoisotopic (exact) mass is 585 g/mol. The number of hydrogen-bond acceptors (Lipinski definition) is 1. The van der Waals surface area contributed by atoms with Gasteiger partial charge >= 0.3 is 0 Å². The first-order valence-electron chi connectivity index (χ1n) is 15.7. The van der Waals surface area contributed by atoms with Crippen LogP contribution < -0.4 is 0 Å². The third-order valence-corrected chi connectivity index (χ3v) is 9.43. The molecule has 3 heterocycles. The smallest absolute Gasteiger partial charge is 0.145 e. The van der Waals surface area contributed by atoms with E-state index in [0.29, 0.717) is 0 Å². The first-order chi connectivity index (χ1) is 22.8. The van der Waals surface area contributed by atoms with Crippen LogP contribution in [0.4, 0.5) is 0 Å². The van der Waals surface area contributed by atoms with Crippen molar-refractivity contribution in [2.24, 2.45) is 0 Å². The molecule has 0 aliphatic carbocycles. The fraction of sp³-hybridized carbons (Fsp3) is 0. The first kappa shape index (κ1) is 25.2. The highest BCUT2D eigenvalue weighted by Gasteiger charge is 2.24. The molecular weight excluding hydrogens is 558 g/mol. The molecule has 0 aliphatic rings. The Balaban J connectivity index is 1.44. The molecule has 0 radical (unpaired) electrons. The lowest BCUT2D eigenvalue weighted by Crippen LogP contribution is -1.95. The van der Waals surface area contributed by atoms with Gasteiger partial charge in [0.25, 0.3) is 0 Å². The van der Waals surface area contributed by atoms with Gasteiger partial charge in [-0.1, -0.05) is 121 Å². The summed E-state index contributed by atoms with van der Waals surface area (Å²) >= 11 is 0. The molecule has 0 amide bonds. The van der Waals surface area contributed by atoms with Crippen molar-refractivity contribution in [3.63, 3.8) is 0 Å². The number of nitrogens with zero attached hydrogens (tertiary/aromatic N) is 3. The molecule has 46 heavy (non-hydrogen) atoms. The van der Waals surface area contributed by atoms with Gasteiger partial charge in [0.15, 0.2) is 0 Å². The second-order valence-electron chi connectivity index (χ2n) is 12.0. The zero-order chi connectivity index (χ0) is 30.2. The van der Waals surface area contributed by atoms with Gasteiger partial charge in [0.05, 0.1) is 27.6 Å². The minimum absolute atomic E-state index is 0.957. The molecule has 7 aromatic carbocycles. The second-order valence-corrected chi connectivity index (χ2v) is 12.0. The van der Waals surface area contributed by atoms with E-state index in [4.69, 9.17) is 4.98 Å². The van der Waals surface area contributed by atoms with Gasteiger partial charge in [0.1, 0.15) is 5.82 Å². The fourth-order valence-electron chi connectivity index (χ4n) is 7.44. The van der Waals surface area contributed by atoms with Crippen molar-refractivity contribution in [3.05, 3.63) is 164 Å². The minimum Gasteiger partial charge on any atom is -0.309 e. The molecule has 0 atom stereocenters. The number of rotatable bonds is 4. The Labute approximate surface area is 265 Å². The highest BCUT2D eigenvalue weighted by atomic mass is 15.0. The van der Waals surface area contributed by atoms with E-state index in [1.165, 1.54) is 54.8 Å². The van der Waals surface area contributed by atoms with Crippen LogP contribution in [0.25, 0.3) is 88.5 Å². The molecule has 3 aromatic heterocycles. The van der Waals surface area contributed by atoms with Crippen molar-refractivity contribution in [1.82, 2.24) is 14.0 Å². The summed E-state index contributed by atoms with van der Waals surface area (Å²) < 4.78 is 4.86. The Bertz CT molecular complexity index is 2720. The van der Waals surface area contributed by atoms with Crippen molar-refractivity contribution in [2.75, 3.05) is 0 Å². The maximum absolute atomic E-state index is 5.29. The van der Waals surface area contributed by atoms with Crippen LogP contribution in [0.2, 0.25) is 0 Å². The zero-order valence-corrected chi connectivity index (χ0v) is 24.9. The van der Waals surface area contributed by atoms with E-state index in [1.807, 2.05) is 0 Å². The van der Waals surface area contributed by atoms with Crippen molar-refractivity contribution in [3.8, 4) is 39.3 Å². The van der Waals surface area contributed by atoms with Gasteiger partial charge in [-0.3, -0.25) is 4.40 Å². The Morgan fingerprint density at radius 3 is 1.80 bits per heavy atom. The third-order valence-electron chi connectivity index (χ3n) is 9.43. The topological polar surface area (TPSA) is 22.2 Å². The predicted octanol–water partition coefficient (Wildman–Crippen LogP) is 11.2. The summed E-state index contributed by atoms with van der Waals surface area (Å²) in [5.41, 5.74) is 12.7. The molecule has 0 aliphatic heterocycles. The minimum atomic E-state index is 0.957. The van der Waals surface area contributed by atoms with Crippen LogP contribution in [-0.2, 0) is 0 Å². The molecule has 0 saturated heterocycles. The fourth-order valence-corrected chi connectivity index (χ4v) is 7.44. The van der Waals surface area contributed by atoms with Crippen LogP contribution in [0.3, 0.4) is 0 Å². The number of para-hydroxylation sites is 1. The van der Waals surface area contributed by atoms with Crippen LogP contribution in [0, 0.1) is 0 Å². The van der Waals surface area contributed by atoms with Crippen LogP contribution >= 0.6 is 0 Å². The lowest BCUT2D eigenvalue weighted by molar-refractivity contribution is 1.18. The van der Waals surface area contributed by atoms with Gasteiger partial charge in [-0.2, -0.15) is 0 Å². The maximum Gasteiger partial charge on any atom is 0.145 e. The quantitative estimate of drug-likeness (QED) is 0.201. The Morgan fingerprint density at radius 1 is 0.391 bits per heavy atom. The number of fused-ring (bicyclic) bond motifs is 3. The Hall–Kier alpha value is -6.19. The SMILES string of the molecule is c1ccc(-c2cccc(-n3c4cc(-c5ccccc5)cc5c6ccccc6n6c(-c7ccccc7)nc7ccc3c(c54)c76)c2)cc1. The molecule has 0 saturated carbocycles. The molecule has 0 fully saturated rings. The molecule has 0 spiro atoms. The highest BCUT2D eigenvalue weighted by molar-refractivity contribution is 6.30. The summed E-state index contributed by atoms with van der Waals surface area (Å²) in [4.78, 5) is 5.29. The molecule has 3 nitrogen and oxygen atoms in total. The number of aromatic nitrogens is 3. The lowest BCUT2D eigenvalue weighted by atomic mass is 9.98. The highest BCUT2D eigenvalue weighted by Crippen LogP contribution is 2.45. The normalized spacial score (nSPS) is 11.9. The molecule has 0 unspecified atom stereocenters. The van der Waals surface area contributed by atoms with Gasteiger partial charge in [-0.05, 0) is 70.1 Å². The van der Waals surface area contributed by atoms with E-state index >= 15 is 0 Å². The van der Waals surface area contributed by atoms with E-state index in [0.717, 1.165) is 33.6 Å². The number of imidazole rings is 1. The van der Waals surface area contributed by atoms with E-state index in [1.54, 1.807) is 0 Å². The van der Waals surface area contributed by atoms with Crippen LogP contribution in [0.1, 0.15) is 0 Å². The van der Waals surface area contributed by atoms with Crippen LogP contribution in [0.5, 0.6) is 0 Å². The summed E-state index contributed by atoms with van der Waals surface area (Å²) in [6.07, 6.45) is 0. The summed E-state index contributed by atoms with van der Waals surface area (Å²) in [6, 6.07) is 58.9. The molecule has 0 bridgehead atoms. The molecule has 10 rings (SSSR count). The van der Waals surface area contributed by atoms with E-state index in [9.17, 15) is 0 Å². The van der Waals surface area contributed by atoms with Crippen LogP contribution in [0.15, 0.2) is 164 Å². The van der Waals surface area contributed by atoms with Crippen molar-refractivity contribution in [2.45, 2.75) is 0 Å². The number of benzene rings is 7. The van der Waals surface area contributed by atoms with Crippen LogP contribution in [-0.4, -0.2) is 14.0 Å². The van der Waals surface area contributed by atoms with Crippen molar-refractivity contribution in [1.29, 1.82) is 0 Å². The largest absolute Gasteiger partial charge is 0.309 e. The van der Waals surface area contributed by atoms with Crippen molar-refractivity contribution >= 4 is 49.1 Å². The molecular formula is C43H27N3. The lowest BCUT2D eigenvalue weighted by Gasteiger charge is -2.12. The predicted molar refractivity (Wildman–Crippen MR) is 192 cm³/mol. The Morgan fingerprint density at radius 2 is 1.04 bits per heavy atom. The average Bonchev–Trinajstić information content (AvgIpc) is 3.64. The third kappa shape index (κ3) is 3.57. The second kappa shape index (κ2) is 9.65. The van der Waals surface area contributed by atoms with E-state index < -0.39 is 0 Å².